The van der Waals surface area contributed by atoms with Crippen molar-refractivity contribution in [3.05, 3.63) is 59.2 Å². The van der Waals surface area contributed by atoms with E-state index in [9.17, 15) is 9.59 Å². The van der Waals surface area contributed by atoms with E-state index in [0.29, 0.717) is 42.3 Å². The molecule has 6 heteroatoms. The van der Waals surface area contributed by atoms with Crippen molar-refractivity contribution in [3.63, 3.8) is 0 Å². The molecule has 0 aromatic heterocycles. The van der Waals surface area contributed by atoms with Crippen molar-refractivity contribution in [1.29, 1.82) is 0 Å². The lowest BCUT2D eigenvalue weighted by Gasteiger charge is -2.18. The summed E-state index contributed by atoms with van der Waals surface area (Å²) in [4.78, 5) is 23.6. The summed E-state index contributed by atoms with van der Waals surface area (Å²) in [5.41, 5.74) is 4.28. The van der Waals surface area contributed by atoms with Crippen LogP contribution in [0.3, 0.4) is 0 Å². The molecule has 0 bridgehead atoms. The number of benzene rings is 2. The second-order valence-electron chi connectivity index (χ2n) is 5.46. The Morgan fingerprint density at radius 2 is 1.72 bits per heavy atom. The normalized spacial score (nSPS) is 12.8. The fourth-order valence-electron chi connectivity index (χ4n) is 2.38. The SMILES string of the molecule is CCC(=O)c1ccc(C(=O)N/N=C/c2ccc3c(c2)OCCO3)cc1. The topological polar surface area (TPSA) is 77.0 Å². The fourth-order valence-corrected chi connectivity index (χ4v) is 2.38. The van der Waals surface area contributed by atoms with Crippen molar-refractivity contribution in [2.75, 3.05) is 13.2 Å². The monoisotopic (exact) mass is 338 g/mol. The maximum atomic E-state index is 12.1. The first-order chi connectivity index (χ1) is 12.2. The summed E-state index contributed by atoms with van der Waals surface area (Å²) in [6.07, 6.45) is 1.97. The molecule has 2 aromatic carbocycles. The lowest BCUT2D eigenvalue weighted by Crippen LogP contribution is -2.18. The van der Waals surface area contributed by atoms with Gasteiger partial charge in [-0.05, 0) is 35.9 Å². The highest BCUT2D eigenvalue weighted by molar-refractivity contribution is 5.98. The Balaban J connectivity index is 1.62. The molecule has 0 aliphatic carbocycles. The number of amides is 1. The molecule has 1 heterocycles. The number of nitrogens with zero attached hydrogens (tertiary/aromatic N) is 1. The highest BCUT2D eigenvalue weighted by atomic mass is 16.6. The largest absolute Gasteiger partial charge is 0.486 e. The molecule has 1 N–H and O–H groups in total. The molecule has 0 radical (unpaired) electrons. The second-order valence-corrected chi connectivity index (χ2v) is 5.46. The van der Waals surface area contributed by atoms with E-state index in [0.717, 1.165) is 5.56 Å². The van der Waals surface area contributed by atoms with Crippen LogP contribution >= 0.6 is 0 Å². The van der Waals surface area contributed by atoms with Crippen molar-refractivity contribution in [3.8, 4) is 11.5 Å². The molecule has 0 saturated carbocycles. The second kappa shape index (κ2) is 7.61. The Morgan fingerprint density at radius 1 is 1.04 bits per heavy atom. The number of carbonyl (C=O) groups is 2. The number of nitrogens with one attached hydrogen (secondary N) is 1. The fraction of sp³-hybridized carbons (Fsp3) is 0.211. The van der Waals surface area contributed by atoms with Crippen LogP contribution in [0, 0.1) is 0 Å². The summed E-state index contributed by atoms with van der Waals surface area (Å²) in [5, 5.41) is 3.95. The summed E-state index contributed by atoms with van der Waals surface area (Å²) in [5.74, 6) is 1.07. The van der Waals surface area contributed by atoms with Crippen molar-refractivity contribution in [2.24, 2.45) is 5.10 Å². The molecule has 1 aliphatic heterocycles. The molecule has 25 heavy (non-hydrogen) atoms. The third kappa shape index (κ3) is 4.03. The van der Waals surface area contributed by atoms with Crippen LogP contribution in [0.2, 0.25) is 0 Å². The van der Waals surface area contributed by atoms with Crippen LogP contribution in [-0.2, 0) is 0 Å². The van der Waals surface area contributed by atoms with Gasteiger partial charge in [0, 0.05) is 17.5 Å². The predicted molar refractivity (Wildman–Crippen MR) is 93.6 cm³/mol. The molecule has 1 aliphatic rings. The van der Waals surface area contributed by atoms with Crippen molar-refractivity contribution < 1.29 is 19.1 Å². The highest BCUT2D eigenvalue weighted by Crippen LogP contribution is 2.30. The van der Waals surface area contributed by atoms with Crippen LogP contribution in [0.25, 0.3) is 0 Å². The van der Waals surface area contributed by atoms with Gasteiger partial charge in [-0.3, -0.25) is 9.59 Å². The van der Waals surface area contributed by atoms with Gasteiger partial charge in [0.2, 0.25) is 0 Å². The number of fused-ring (bicyclic) bond motifs is 1. The Morgan fingerprint density at radius 3 is 2.44 bits per heavy atom. The quantitative estimate of drug-likeness (QED) is 0.517. The Bertz CT molecular complexity index is 813. The highest BCUT2D eigenvalue weighted by Gasteiger charge is 2.11. The van der Waals surface area contributed by atoms with E-state index in [4.69, 9.17) is 9.47 Å². The first-order valence-corrected chi connectivity index (χ1v) is 8.03. The molecule has 0 unspecified atom stereocenters. The van der Waals surface area contributed by atoms with Gasteiger partial charge in [0.1, 0.15) is 13.2 Å². The minimum atomic E-state index is -0.343. The number of rotatable bonds is 5. The van der Waals surface area contributed by atoms with E-state index in [1.807, 2.05) is 6.07 Å². The Kier molecular flexibility index (Phi) is 5.09. The number of Topliss-reactive ketones (excluding diaryl/α,β-unsaturated/α-hetero) is 1. The summed E-state index contributed by atoms with van der Waals surface area (Å²) in [6.45, 7) is 2.86. The molecule has 3 rings (SSSR count). The lowest BCUT2D eigenvalue weighted by atomic mass is 10.1. The van der Waals surface area contributed by atoms with E-state index in [-0.39, 0.29) is 11.7 Å². The Hall–Kier alpha value is -3.15. The predicted octanol–water partition coefficient (Wildman–Crippen LogP) is 2.81. The first-order valence-electron chi connectivity index (χ1n) is 8.03. The molecular formula is C19H18N2O4. The van der Waals surface area contributed by atoms with Crippen LogP contribution in [0.1, 0.15) is 39.6 Å². The van der Waals surface area contributed by atoms with Crippen LogP contribution in [0.15, 0.2) is 47.6 Å². The van der Waals surface area contributed by atoms with Gasteiger partial charge in [-0.25, -0.2) is 5.43 Å². The van der Waals surface area contributed by atoms with Gasteiger partial charge in [0.05, 0.1) is 6.21 Å². The van der Waals surface area contributed by atoms with Crippen molar-refractivity contribution >= 4 is 17.9 Å². The third-order valence-electron chi connectivity index (χ3n) is 3.74. The maximum absolute atomic E-state index is 12.1. The van der Waals surface area contributed by atoms with Gasteiger partial charge in [-0.15, -0.1) is 0 Å². The van der Waals surface area contributed by atoms with Crippen molar-refractivity contribution in [2.45, 2.75) is 13.3 Å². The van der Waals surface area contributed by atoms with E-state index in [1.165, 1.54) is 6.21 Å². The molecule has 0 saturated heterocycles. The zero-order valence-corrected chi connectivity index (χ0v) is 13.8. The third-order valence-corrected chi connectivity index (χ3v) is 3.74. The summed E-state index contributed by atoms with van der Waals surface area (Å²) < 4.78 is 10.9. The number of ketones is 1. The molecule has 0 spiro atoms. The van der Waals surface area contributed by atoms with Crippen LogP contribution < -0.4 is 14.9 Å². The van der Waals surface area contributed by atoms with Crippen LogP contribution in [0.4, 0.5) is 0 Å². The minimum Gasteiger partial charge on any atom is -0.486 e. The smallest absolute Gasteiger partial charge is 0.271 e. The van der Waals surface area contributed by atoms with Gasteiger partial charge >= 0.3 is 0 Å². The van der Waals surface area contributed by atoms with Gasteiger partial charge in [0.15, 0.2) is 17.3 Å². The van der Waals surface area contributed by atoms with Crippen LogP contribution in [-0.4, -0.2) is 31.1 Å². The van der Waals surface area contributed by atoms with E-state index in [1.54, 1.807) is 43.3 Å². The number of ether oxygens (including phenoxy) is 2. The average Bonchev–Trinajstić information content (AvgIpc) is 2.67. The standard InChI is InChI=1S/C19H18N2O4/c1-2-16(22)14-4-6-15(7-5-14)19(23)21-20-12-13-3-8-17-18(11-13)25-10-9-24-17/h3-8,11-12H,2,9-10H2,1H3,(H,21,23)/b20-12+. The molecular weight excluding hydrogens is 320 g/mol. The molecule has 2 aromatic rings. The van der Waals surface area contributed by atoms with Crippen molar-refractivity contribution in [1.82, 2.24) is 5.43 Å². The first kappa shape index (κ1) is 16.7. The summed E-state index contributed by atoms with van der Waals surface area (Å²) in [7, 11) is 0. The zero-order valence-electron chi connectivity index (χ0n) is 13.8. The van der Waals surface area contributed by atoms with Gasteiger partial charge in [-0.1, -0.05) is 19.1 Å². The summed E-state index contributed by atoms with van der Waals surface area (Å²) in [6, 6.07) is 11.9. The molecule has 6 nitrogen and oxygen atoms in total. The number of hydrazone groups is 1. The molecule has 0 fully saturated rings. The molecule has 0 atom stereocenters. The number of hydrogen-bond donors (Lipinski definition) is 1. The number of hydrogen-bond acceptors (Lipinski definition) is 5. The number of carbonyl (C=O) groups excluding carboxylic acids is 2. The average molecular weight is 338 g/mol. The molecule has 1 amide bonds. The van der Waals surface area contributed by atoms with Crippen LogP contribution in [0.5, 0.6) is 11.5 Å². The van der Waals surface area contributed by atoms with Gasteiger partial charge < -0.3 is 9.47 Å². The Labute approximate surface area is 145 Å². The lowest BCUT2D eigenvalue weighted by molar-refractivity contribution is 0.0951. The van der Waals surface area contributed by atoms with E-state index < -0.39 is 0 Å². The summed E-state index contributed by atoms with van der Waals surface area (Å²) >= 11 is 0. The maximum Gasteiger partial charge on any atom is 0.271 e. The minimum absolute atomic E-state index is 0.0450. The van der Waals surface area contributed by atoms with E-state index >= 15 is 0 Å². The van der Waals surface area contributed by atoms with Gasteiger partial charge in [0.25, 0.3) is 5.91 Å². The molecule has 128 valence electrons. The van der Waals surface area contributed by atoms with Gasteiger partial charge in [-0.2, -0.15) is 5.10 Å². The van der Waals surface area contributed by atoms with E-state index in [2.05, 4.69) is 10.5 Å². The zero-order chi connectivity index (χ0) is 17.6.